The summed E-state index contributed by atoms with van der Waals surface area (Å²) in [6.07, 6.45) is 0. The molecule has 1 aliphatic rings. The van der Waals surface area contributed by atoms with Crippen LogP contribution in [-0.2, 0) is 9.59 Å². The Morgan fingerprint density at radius 3 is 2.20 bits per heavy atom. The van der Waals surface area contributed by atoms with E-state index >= 15 is 0 Å². The summed E-state index contributed by atoms with van der Waals surface area (Å²) < 4.78 is 0. The number of hydrogen-bond acceptors (Lipinski definition) is 4. The van der Waals surface area contributed by atoms with E-state index in [1.807, 2.05) is 0 Å². The van der Waals surface area contributed by atoms with Crippen LogP contribution in [0.2, 0.25) is 15.1 Å². The van der Waals surface area contributed by atoms with Crippen molar-refractivity contribution in [2.75, 3.05) is 10.2 Å². The molecule has 0 atom stereocenters. The Hall–Kier alpha value is -2.44. The Morgan fingerprint density at radius 1 is 0.767 bits per heavy atom. The number of rotatable bonds is 5. The van der Waals surface area contributed by atoms with Gasteiger partial charge >= 0.3 is 0 Å². The van der Waals surface area contributed by atoms with E-state index in [2.05, 4.69) is 5.32 Å². The molecule has 0 unspecified atom stereocenters. The number of amides is 2. The summed E-state index contributed by atoms with van der Waals surface area (Å²) in [5, 5.41) is 4.45. The number of para-hydroxylation sites is 1. The fourth-order valence-corrected chi connectivity index (χ4v) is 4.36. The maximum atomic E-state index is 13.3. The summed E-state index contributed by atoms with van der Waals surface area (Å²) >= 11 is 19.5. The van der Waals surface area contributed by atoms with Gasteiger partial charge in [-0.1, -0.05) is 64.8 Å². The zero-order valence-electron chi connectivity index (χ0n) is 15.2. The van der Waals surface area contributed by atoms with E-state index in [0.29, 0.717) is 26.4 Å². The lowest BCUT2D eigenvalue weighted by Gasteiger charge is -2.16. The number of halogens is 3. The van der Waals surface area contributed by atoms with E-state index in [9.17, 15) is 9.59 Å². The van der Waals surface area contributed by atoms with Crippen molar-refractivity contribution >= 4 is 69.8 Å². The number of benzene rings is 3. The predicted molar refractivity (Wildman–Crippen MR) is 123 cm³/mol. The molecule has 30 heavy (non-hydrogen) atoms. The number of anilines is 2. The maximum Gasteiger partial charge on any atom is 0.283 e. The number of thioether (sulfide) groups is 1. The fraction of sp³-hybridized carbons (Fsp3) is 0. The minimum Gasteiger partial charge on any atom is -0.350 e. The maximum absolute atomic E-state index is 13.3. The van der Waals surface area contributed by atoms with Gasteiger partial charge in [-0.15, -0.1) is 0 Å². The van der Waals surface area contributed by atoms with Gasteiger partial charge in [-0.2, -0.15) is 0 Å². The van der Waals surface area contributed by atoms with E-state index in [4.69, 9.17) is 34.8 Å². The molecule has 1 N–H and O–H groups in total. The molecular weight excluding hydrogens is 463 g/mol. The Labute approximate surface area is 192 Å². The van der Waals surface area contributed by atoms with E-state index in [-0.39, 0.29) is 10.6 Å². The SMILES string of the molecule is O=C1C(Nc2cccc(Cl)c2)=C(Sc2ccc(Cl)cc2)C(=O)N1c1ccccc1Cl. The number of nitrogens with one attached hydrogen (secondary N) is 1. The fourth-order valence-electron chi connectivity index (χ4n) is 2.90. The van der Waals surface area contributed by atoms with Crippen molar-refractivity contribution in [3.8, 4) is 0 Å². The number of carbonyl (C=O) groups is 2. The average molecular weight is 476 g/mol. The summed E-state index contributed by atoms with van der Waals surface area (Å²) in [6, 6.07) is 20.6. The number of nitrogens with zero attached hydrogens (tertiary/aromatic N) is 1. The van der Waals surface area contributed by atoms with Crippen LogP contribution in [0.25, 0.3) is 0 Å². The summed E-state index contributed by atoms with van der Waals surface area (Å²) in [5.74, 6) is -0.956. The Morgan fingerprint density at radius 2 is 1.50 bits per heavy atom. The number of carbonyl (C=O) groups excluding carboxylic acids is 2. The van der Waals surface area contributed by atoms with E-state index in [1.54, 1.807) is 72.8 Å². The van der Waals surface area contributed by atoms with E-state index in [0.717, 1.165) is 9.80 Å². The Kier molecular flexibility index (Phi) is 6.06. The highest BCUT2D eigenvalue weighted by Crippen LogP contribution is 2.40. The largest absolute Gasteiger partial charge is 0.350 e. The van der Waals surface area contributed by atoms with Crippen LogP contribution in [0.1, 0.15) is 0 Å². The van der Waals surface area contributed by atoms with Gasteiger partial charge in [-0.05, 0) is 54.6 Å². The van der Waals surface area contributed by atoms with Crippen molar-refractivity contribution < 1.29 is 9.59 Å². The van der Waals surface area contributed by atoms with Crippen LogP contribution in [0.4, 0.5) is 11.4 Å². The molecule has 0 fully saturated rings. The first-order valence-corrected chi connectivity index (χ1v) is 10.7. The van der Waals surface area contributed by atoms with Crippen LogP contribution < -0.4 is 10.2 Å². The molecular formula is C22H13Cl3N2O2S. The molecule has 0 aromatic heterocycles. The predicted octanol–water partition coefficient (Wildman–Crippen LogP) is 6.64. The summed E-state index contributed by atoms with van der Waals surface area (Å²) in [6.45, 7) is 0. The molecule has 150 valence electrons. The highest BCUT2D eigenvalue weighted by Gasteiger charge is 2.41. The minimum absolute atomic E-state index is 0.155. The third-order valence-electron chi connectivity index (χ3n) is 4.26. The summed E-state index contributed by atoms with van der Waals surface area (Å²) in [5.41, 5.74) is 1.07. The first-order chi connectivity index (χ1) is 14.4. The second-order valence-corrected chi connectivity index (χ2v) is 8.66. The van der Waals surface area contributed by atoms with Crippen molar-refractivity contribution in [1.29, 1.82) is 0 Å². The summed E-state index contributed by atoms with van der Waals surface area (Å²) in [7, 11) is 0. The van der Waals surface area contributed by atoms with Crippen molar-refractivity contribution in [3.63, 3.8) is 0 Å². The van der Waals surface area contributed by atoms with Crippen LogP contribution in [0.15, 0.2) is 88.3 Å². The molecule has 4 nitrogen and oxygen atoms in total. The van der Waals surface area contributed by atoms with Crippen molar-refractivity contribution in [2.24, 2.45) is 0 Å². The topological polar surface area (TPSA) is 49.4 Å². The lowest BCUT2D eigenvalue weighted by Crippen LogP contribution is -2.32. The molecule has 8 heteroatoms. The van der Waals surface area contributed by atoms with Crippen molar-refractivity contribution in [3.05, 3.63) is 98.5 Å². The minimum atomic E-state index is -0.496. The second kappa shape index (κ2) is 8.74. The molecule has 2 amide bonds. The van der Waals surface area contributed by atoms with Gasteiger partial charge in [0.15, 0.2) is 0 Å². The molecule has 0 saturated heterocycles. The zero-order valence-corrected chi connectivity index (χ0v) is 18.3. The van der Waals surface area contributed by atoms with Gasteiger partial charge < -0.3 is 5.32 Å². The van der Waals surface area contributed by atoms with Gasteiger partial charge in [0.1, 0.15) is 10.6 Å². The quantitative estimate of drug-likeness (QED) is 0.420. The van der Waals surface area contributed by atoms with Gasteiger partial charge in [0.05, 0.1) is 10.7 Å². The van der Waals surface area contributed by atoms with E-state index in [1.165, 1.54) is 11.8 Å². The molecule has 0 radical (unpaired) electrons. The van der Waals surface area contributed by atoms with E-state index < -0.39 is 11.8 Å². The van der Waals surface area contributed by atoms with Crippen LogP contribution in [-0.4, -0.2) is 11.8 Å². The van der Waals surface area contributed by atoms with Gasteiger partial charge in [0.2, 0.25) is 0 Å². The number of imide groups is 1. The van der Waals surface area contributed by atoms with Crippen LogP contribution in [0.3, 0.4) is 0 Å². The zero-order chi connectivity index (χ0) is 21.3. The normalized spacial score (nSPS) is 13.9. The van der Waals surface area contributed by atoms with Gasteiger partial charge in [0, 0.05) is 20.6 Å². The molecule has 4 rings (SSSR count). The monoisotopic (exact) mass is 474 g/mol. The van der Waals surface area contributed by atoms with Crippen molar-refractivity contribution in [2.45, 2.75) is 4.90 Å². The Balaban J connectivity index is 1.76. The number of hydrogen-bond donors (Lipinski definition) is 1. The molecule has 1 heterocycles. The molecule has 3 aromatic rings. The first-order valence-electron chi connectivity index (χ1n) is 8.77. The average Bonchev–Trinajstić information content (AvgIpc) is 2.94. The smallest absolute Gasteiger partial charge is 0.283 e. The second-order valence-electron chi connectivity index (χ2n) is 6.29. The molecule has 0 aliphatic carbocycles. The lowest BCUT2D eigenvalue weighted by atomic mass is 10.3. The Bertz CT molecular complexity index is 1180. The summed E-state index contributed by atoms with van der Waals surface area (Å²) in [4.78, 5) is 28.6. The standard InChI is InChI=1S/C22H13Cl3N2O2S/c23-13-8-10-16(11-9-13)30-20-19(26-15-5-3-4-14(24)12-15)21(28)27(22(20)29)18-7-2-1-6-17(18)25/h1-12,26H. The van der Waals surface area contributed by atoms with Gasteiger partial charge in [-0.3, -0.25) is 9.59 Å². The lowest BCUT2D eigenvalue weighted by molar-refractivity contribution is -0.120. The van der Waals surface area contributed by atoms with Crippen LogP contribution in [0, 0.1) is 0 Å². The molecule has 1 aliphatic heterocycles. The highest BCUT2D eigenvalue weighted by atomic mass is 35.5. The highest BCUT2D eigenvalue weighted by molar-refractivity contribution is 8.04. The van der Waals surface area contributed by atoms with Crippen molar-refractivity contribution in [1.82, 2.24) is 0 Å². The molecule has 0 saturated carbocycles. The molecule has 0 spiro atoms. The molecule has 0 bridgehead atoms. The van der Waals surface area contributed by atoms with Crippen LogP contribution in [0.5, 0.6) is 0 Å². The molecule has 3 aromatic carbocycles. The van der Waals surface area contributed by atoms with Gasteiger partial charge in [0.25, 0.3) is 11.8 Å². The van der Waals surface area contributed by atoms with Crippen LogP contribution >= 0.6 is 46.6 Å². The van der Waals surface area contributed by atoms with Gasteiger partial charge in [-0.25, -0.2) is 4.90 Å². The first kappa shape index (κ1) is 20.8. The third-order valence-corrected chi connectivity index (χ3v) is 6.16. The third kappa shape index (κ3) is 4.20.